The first-order chi connectivity index (χ1) is 12.3. The maximum Gasteiger partial charge on any atom is 0.322 e. The van der Waals surface area contributed by atoms with Gasteiger partial charge in [0.2, 0.25) is 10.0 Å². The molecule has 2 fully saturated rings. The zero-order chi connectivity index (χ0) is 18.9. The predicted molar refractivity (Wildman–Crippen MR) is 93.3 cm³/mol. The number of nitrogens with zero attached hydrogens (tertiary/aromatic N) is 1. The second kappa shape index (κ2) is 6.86. The Morgan fingerprint density at radius 2 is 1.96 bits per heavy atom. The number of sulfonamides is 1. The molecule has 1 aromatic carbocycles. The molecule has 26 heavy (non-hydrogen) atoms. The number of rotatable bonds is 4. The van der Waals surface area contributed by atoms with E-state index in [0.29, 0.717) is 25.4 Å². The van der Waals surface area contributed by atoms with Gasteiger partial charge >= 0.3 is 6.03 Å². The summed E-state index contributed by atoms with van der Waals surface area (Å²) in [4.78, 5) is 23.9. The van der Waals surface area contributed by atoms with Crippen LogP contribution >= 0.6 is 0 Å². The van der Waals surface area contributed by atoms with Crippen LogP contribution in [0.2, 0.25) is 0 Å². The van der Waals surface area contributed by atoms with Crippen molar-refractivity contribution in [1.29, 1.82) is 0 Å². The van der Waals surface area contributed by atoms with Crippen LogP contribution in [0.15, 0.2) is 23.1 Å². The van der Waals surface area contributed by atoms with Crippen molar-refractivity contribution in [1.82, 2.24) is 20.3 Å². The highest BCUT2D eigenvalue weighted by atomic mass is 32.2. The topological polar surface area (TPSA) is 117 Å². The molecular weight excluding hydrogens is 360 g/mol. The van der Waals surface area contributed by atoms with Crippen molar-refractivity contribution in [3.63, 3.8) is 0 Å². The SMILES string of the molecule is COc1ccc(S(=O)(=O)N2CCCNCC2)cc1C1(C)NC(=O)NC1=O. The molecule has 3 N–H and O–H groups in total. The van der Waals surface area contributed by atoms with Crippen LogP contribution in [0.25, 0.3) is 0 Å². The van der Waals surface area contributed by atoms with Gasteiger partial charge < -0.3 is 15.4 Å². The summed E-state index contributed by atoms with van der Waals surface area (Å²) in [5.41, 5.74) is -1.12. The monoisotopic (exact) mass is 382 g/mol. The summed E-state index contributed by atoms with van der Waals surface area (Å²) >= 11 is 0. The van der Waals surface area contributed by atoms with Crippen LogP contribution in [0.5, 0.6) is 5.75 Å². The summed E-state index contributed by atoms with van der Waals surface area (Å²) in [6.07, 6.45) is 0.721. The molecule has 1 atom stereocenters. The molecule has 0 bridgehead atoms. The van der Waals surface area contributed by atoms with E-state index in [0.717, 1.165) is 13.0 Å². The van der Waals surface area contributed by atoms with E-state index in [4.69, 9.17) is 4.74 Å². The van der Waals surface area contributed by atoms with Crippen molar-refractivity contribution in [2.24, 2.45) is 0 Å². The predicted octanol–water partition coefficient (Wildman–Crippen LogP) is -0.266. The summed E-state index contributed by atoms with van der Waals surface area (Å²) in [5, 5.41) is 7.88. The minimum absolute atomic E-state index is 0.0605. The highest BCUT2D eigenvalue weighted by Gasteiger charge is 2.45. The van der Waals surface area contributed by atoms with Gasteiger partial charge in [0.25, 0.3) is 5.91 Å². The third-order valence-corrected chi connectivity index (χ3v) is 6.59. The molecule has 0 saturated carbocycles. The second-order valence-electron chi connectivity index (χ2n) is 6.40. The number of nitrogens with one attached hydrogen (secondary N) is 3. The zero-order valence-electron chi connectivity index (χ0n) is 14.7. The van der Waals surface area contributed by atoms with Crippen LogP contribution in [0.3, 0.4) is 0 Å². The van der Waals surface area contributed by atoms with Gasteiger partial charge in [-0.15, -0.1) is 0 Å². The first kappa shape index (κ1) is 18.6. The van der Waals surface area contributed by atoms with Gasteiger partial charge in [0.15, 0.2) is 0 Å². The first-order valence-electron chi connectivity index (χ1n) is 8.32. The number of imide groups is 1. The van der Waals surface area contributed by atoms with Crippen LogP contribution in [0.1, 0.15) is 18.9 Å². The normalized spacial score (nSPS) is 24.7. The molecule has 0 aliphatic carbocycles. The molecule has 9 nitrogen and oxygen atoms in total. The largest absolute Gasteiger partial charge is 0.496 e. The van der Waals surface area contributed by atoms with E-state index < -0.39 is 27.5 Å². The Labute approximate surface area is 152 Å². The van der Waals surface area contributed by atoms with E-state index in [-0.39, 0.29) is 10.5 Å². The average Bonchev–Trinajstić information content (AvgIpc) is 2.81. The Bertz CT molecular complexity index is 833. The number of ether oxygens (including phenoxy) is 1. The molecule has 1 unspecified atom stereocenters. The van der Waals surface area contributed by atoms with Gasteiger partial charge in [0, 0.05) is 25.2 Å². The molecule has 2 aliphatic heterocycles. The number of hydrogen-bond donors (Lipinski definition) is 3. The quantitative estimate of drug-likeness (QED) is 0.618. The molecule has 1 aromatic rings. The highest BCUT2D eigenvalue weighted by Crippen LogP contribution is 2.34. The third kappa shape index (κ3) is 3.15. The van der Waals surface area contributed by atoms with Gasteiger partial charge in [-0.2, -0.15) is 4.31 Å². The Morgan fingerprint density at radius 3 is 2.62 bits per heavy atom. The van der Waals surface area contributed by atoms with Crippen molar-refractivity contribution in [3.05, 3.63) is 23.8 Å². The maximum atomic E-state index is 13.0. The number of hydrogen-bond acceptors (Lipinski definition) is 6. The lowest BCUT2D eigenvalue weighted by molar-refractivity contribution is -0.123. The van der Waals surface area contributed by atoms with Crippen LogP contribution in [-0.2, 0) is 20.4 Å². The number of benzene rings is 1. The maximum absolute atomic E-state index is 13.0. The van der Waals surface area contributed by atoms with Gasteiger partial charge in [-0.25, -0.2) is 13.2 Å². The molecule has 0 aromatic heterocycles. The summed E-state index contributed by atoms with van der Waals surface area (Å²) in [6, 6.07) is 3.72. The first-order valence-corrected chi connectivity index (χ1v) is 9.76. The molecule has 142 valence electrons. The number of methoxy groups -OCH3 is 1. The molecule has 0 radical (unpaired) electrons. The fourth-order valence-electron chi connectivity index (χ4n) is 3.18. The lowest BCUT2D eigenvalue weighted by atomic mass is 9.91. The molecule has 2 aliphatic rings. The van der Waals surface area contributed by atoms with E-state index in [1.807, 2.05) is 0 Å². The van der Waals surface area contributed by atoms with Gasteiger partial charge in [0.05, 0.1) is 12.0 Å². The van der Waals surface area contributed by atoms with E-state index in [1.165, 1.54) is 36.5 Å². The summed E-state index contributed by atoms with van der Waals surface area (Å²) in [6.45, 7) is 3.66. The standard InChI is InChI=1S/C16H22N4O5S/c1-16(14(21)18-15(22)19-16)12-10-11(4-5-13(12)25-2)26(23,24)20-8-3-6-17-7-9-20/h4-5,10,17H,3,6-9H2,1-2H3,(H2,18,19,21,22). The minimum Gasteiger partial charge on any atom is -0.496 e. The second-order valence-corrected chi connectivity index (χ2v) is 8.34. The number of amides is 3. The summed E-state index contributed by atoms with van der Waals surface area (Å²) in [7, 11) is -2.30. The van der Waals surface area contributed by atoms with Crippen LogP contribution in [0, 0.1) is 0 Å². The Hall–Kier alpha value is -2.17. The molecule has 0 spiro atoms. The molecule has 10 heteroatoms. The Balaban J connectivity index is 2.05. The lowest BCUT2D eigenvalue weighted by Gasteiger charge is -2.25. The van der Waals surface area contributed by atoms with E-state index in [2.05, 4.69) is 16.0 Å². The zero-order valence-corrected chi connectivity index (χ0v) is 15.5. The number of carbonyl (C=O) groups excluding carboxylic acids is 2. The van der Waals surface area contributed by atoms with Crippen molar-refractivity contribution in [2.75, 3.05) is 33.3 Å². The highest BCUT2D eigenvalue weighted by molar-refractivity contribution is 7.89. The van der Waals surface area contributed by atoms with Gasteiger partial charge in [-0.1, -0.05) is 0 Å². The van der Waals surface area contributed by atoms with Crippen molar-refractivity contribution in [3.8, 4) is 5.75 Å². The fraction of sp³-hybridized carbons (Fsp3) is 0.500. The van der Waals surface area contributed by atoms with Crippen molar-refractivity contribution in [2.45, 2.75) is 23.8 Å². The van der Waals surface area contributed by atoms with Crippen molar-refractivity contribution >= 4 is 22.0 Å². The lowest BCUT2D eigenvalue weighted by Crippen LogP contribution is -2.41. The van der Waals surface area contributed by atoms with Crippen molar-refractivity contribution < 1.29 is 22.7 Å². The summed E-state index contributed by atoms with van der Waals surface area (Å²) in [5.74, 6) is -0.240. The van der Waals surface area contributed by atoms with Crippen LogP contribution in [0.4, 0.5) is 4.79 Å². The molecule has 3 amide bonds. The smallest absolute Gasteiger partial charge is 0.322 e. The van der Waals surface area contributed by atoms with Gasteiger partial charge in [-0.05, 0) is 38.1 Å². The van der Waals surface area contributed by atoms with Gasteiger partial charge in [-0.3, -0.25) is 10.1 Å². The number of carbonyl (C=O) groups is 2. The average molecular weight is 382 g/mol. The fourth-order valence-corrected chi connectivity index (χ4v) is 4.69. The number of urea groups is 1. The van der Waals surface area contributed by atoms with E-state index in [1.54, 1.807) is 0 Å². The Morgan fingerprint density at radius 1 is 1.19 bits per heavy atom. The Kier molecular flexibility index (Phi) is 4.91. The molecule has 2 saturated heterocycles. The molecular formula is C16H22N4O5S. The van der Waals surface area contributed by atoms with E-state index >= 15 is 0 Å². The minimum atomic E-state index is -3.73. The third-order valence-electron chi connectivity index (χ3n) is 4.69. The molecule has 3 rings (SSSR count). The van der Waals surface area contributed by atoms with Gasteiger partial charge in [0.1, 0.15) is 11.3 Å². The molecule has 2 heterocycles. The van der Waals surface area contributed by atoms with E-state index in [9.17, 15) is 18.0 Å². The van der Waals surface area contributed by atoms with Crippen LogP contribution < -0.4 is 20.7 Å². The van der Waals surface area contributed by atoms with Crippen LogP contribution in [-0.4, -0.2) is 58.0 Å². The summed E-state index contributed by atoms with van der Waals surface area (Å²) < 4.78 is 32.8.